The summed E-state index contributed by atoms with van der Waals surface area (Å²) in [6.45, 7) is 1.22. The zero-order chi connectivity index (χ0) is 14.1. The quantitative estimate of drug-likeness (QED) is 0.807. The third-order valence-electron chi connectivity index (χ3n) is 3.67. The standard InChI is InChI=1S/C13H16N4O3/c18-9-10-4-6-15(7-10)12(19)8-17-13(20)16-5-2-1-3-11(16)14-17/h1-3,5,10,18H,4,6-9H2. The van der Waals surface area contributed by atoms with Gasteiger partial charge in [0.05, 0.1) is 0 Å². The van der Waals surface area contributed by atoms with Crippen molar-refractivity contribution in [2.75, 3.05) is 19.7 Å². The SMILES string of the molecule is O=C(Cn1nc2ccccn2c1=O)N1CCC(CO)C1. The van der Waals surface area contributed by atoms with Crippen LogP contribution < -0.4 is 5.69 Å². The summed E-state index contributed by atoms with van der Waals surface area (Å²) >= 11 is 0. The first-order valence-corrected chi connectivity index (χ1v) is 6.62. The van der Waals surface area contributed by atoms with E-state index in [1.54, 1.807) is 29.3 Å². The van der Waals surface area contributed by atoms with Crippen molar-refractivity contribution < 1.29 is 9.90 Å². The number of aromatic nitrogens is 3. The van der Waals surface area contributed by atoms with Crippen molar-refractivity contribution in [2.24, 2.45) is 5.92 Å². The van der Waals surface area contributed by atoms with Crippen LogP contribution in [0.1, 0.15) is 6.42 Å². The van der Waals surface area contributed by atoms with Crippen molar-refractivity contribution in [3.8, 4) is 0 Å². The van der Waals surface area contributed by atoms with E-state index in [0.29, 0.717) is 18.7 Å². The zero-order valence-corrected chi connectivity index (χ0v) is 11.0. The Bertz CT molecular complexity index is 690. The molecule has 1 atom stereocenters. The molecular weight excluding hydrogens is 260 g/mol. The van der Waals surface area contributed by atoms with Gasteiger partial charge in [0.2, 0.25) is 5.91 Å². The van der Waals surface area contributed by atoms with Crippen molar-refractivity contribution in [3.63, 3.8) is 0 Å². The third-order valence-corrected chi connectivity index (χ3v) is 3.67. The highest BCUT2D eigenvalue weighted by Crippen LogP contribution is 2.15. The van der Waals surface area contributed by atoms with Crippen molar-refractivity contribution in [2.45, 2.75) is 13.0 Å². The summed E-state index contributed by atoms with van der Waals surface area (Å²) in [6.07, 6.45) is 2.44. The first-order chi connectivity index (χ1) is 9.69. The molecular formula is C13H16N4O3. The van der Waals surface area contributed by atoms with Crippen LogP contribution in [0.2, 0.25) is 0 Å². The maximum atomic E-state index is 12.1. The smallest absolute Gasteiger partial charge is 0.350 e. The lowest BCUT2D eigenvalue weighted by molar-refractivity contribution is -0.131. The Hall–Kier alpha value is -2.15. The summed E-state index contributed by atoms with van der Waals surface area (Å²) in [5.74, 6) is 0.0168. The number of nitrogens with zero attached hydrogens (tertiary/aromatic N) is 4. The summed E-state index contributed by atoms with van der Waals surface area (Å²) in [7, 11) is 0. The summed E-state index contributed by atoms with van der Waals surface area (Å²) in [6, 6.07) is 5.26. The van der Waals surface area contributed by atoms with Crippen molar-refractivity contribution in [3.05, 3.63) is 34.9 Å². The molecule has 3 heterocycles. The molecule has 106 valence electrons. The monoisotopic (exact) mass is 276 g/mol. The molecule has 0 spiro atoms. The van der Waals surface area contributed by atoms with E-state index in [0.717, 1.165) is 6.42 Å². The lowest BCUT2D eigenvalue weighted by Crippen LogP contribution is -2.35. The molecule has 0 aliphatic carbocycles. The average molecular weight is 276 g/mol. The van der Waals surface area contributed by atoms with Gasteiger partial charge in [0.15, 0.2) is 5.65 Å². The number of fused-ring (bicyclic) bond motifs is 1. The van der Waals surface area contributed by atoms with Crippen molar-refractivity contribution in [1.82, 2.24) is 19.1 Å². The van der Waals surface area contributed by atoms with Crippen LogP contribution in [0.25, 0.3) is 5.65 Å². The second-order valence-electron chi connectivity index (χ2n) is 5.05. The molecule has 1 unspecified atom stereocenters. The van der Waals surface area contributed by atoms with Gasteiger partial charge in [-0.1, -0.05) is 6.07 Å². The highest BCUT2D eigenvalue weighted by atomic mass is 16.3. The van der Waals surface area contributed by atoms with E-state index < -0.39 is 0 Å². The molecule has 0 aromatic carbocycles. The van der Waals surface area contributed by atoms with Crippen LogP contribution in [0, 0.1) is 5.92 Å². The number of aliphatic hydroxyl groups excluding tert-OH is 1. The second kappa shape index (κ2) is 5.09. The van der Waals surface area contributed by atoms with E-state index in [9.17, 15) is 9.59 Å². The first kappa shape index (κ1) is 12.9. The van der Waals surface area contributed by atoms with E-state index in [-0.39, 0.29) is 30.7 Å². The van der Waals surface area contributed by atoms with Crippen LogP contribution >= 0.6 is 0 Å². The van der Waals surface area contributed by atoms with Crippen LogP contribution in [0.5, 0.6) is 0 Å². The van der Waals surface area contributed by atoms with Gasteiger partial charge in [-0.2, -0.15) is 0 Å². The highest BCUT2D eigenvalue weighted by molar-refractivity contribution is 5.76. The fourth-order valence-corrected chi connectivity index (χ4v) is 2.51. The van der Waals surface area contributed by atoms with Gasteiger partial charge in [0.1, 0.15) is 6.54 Å². The normalized spacial score (nSPS) is 18.9. The van der Waals surface area contributed by atoms with Crippen LogP contribution in [0.4, 0.5) is 0 Å². The van der Waals surface area contributed by atoms with Gasteiger partial charge < -0.3 is 10.0 Å². The van der Waals surface area contributed by atoms with Crippen LogP contribution in [0.3, 0.4) is 0 Å². The number of hydrogen-bond donors (Lipinski definition) is 1. The Labute approximate surface area is 115 Å². The molecule has 1 N–H and O–H groups in total. The minimum atomic E-state index is -0.313. The van der Waals surface area contributed by atoms with Gasteiger partial charge in [-0.15, -0.1) is 5.10 Å². The number of amides is 1. The molecule has 0 radical (unpaired) electrons. The molecule has 1 aliphatic heterocycles. The van der Waals surface area contributed by atoms with E-state index in [1.807, 2.05) is 0 Å². The van der Waals surface area contributed by atoms with Crippen LogP contribution in [-0.4, -0.2) is 49.8 Å². The topological polar surface area (TPSA) is 79.8 Å². The molecule has 1 fully saturated rings. The predicted octanol–water partition coefficient (Wildman–Crippen LogP) is -0.663. The molecule has 1 aliphatic rings. The fraction of sp³-hybridized carbons (Fsp3) is 0.462. The Balaban J connectivity index is 1.78. The molecule has 0 saturated carbocycles. The number of rotatable bonds is 3. The van der Waals surface area contributed by atoms with Gasteiger partial charge in [-0.25, -0.2) is 9.48 Å². The van der Waals surface area contributed by atoms with Gasteiger partial charge in [0, 0.05) is 31.8 Å². The predicted molar refractivity (Wildman–Crippen MR) is 71.2 cm³/mol. The van der Waals surface area contributed by atoms with E-state index in [4.69, 9.17) is 5.11 Å². The zero-order valence-electron chi connectivity index (χ0n) is 11.0. The Kier molecular flexibility index (Phi) is 3.27. The summed E-state index contributed by atoms with van der Waals surface area (Å²) in [5.41, 5.74) is 0.215. The lowest BCUT2D eigenvalue weighted by atomic mass is 10.1. The molecule has 20 heavy (non-hydrogen) atoms. The molecule has 2 aromatic rings. The largest absolute Gasteiger partial charge is 0.396 e. The van der Waals surface area contributed by atoms with Gasteiger partial charge in [-0.05, 0) is 18.6 Å². The van der Waals surface area contributed by atoms with E-state index in [2.05, 4.69) is 5.10 Å². The van der Waals surface area contributed by atoms with Crippen molar-refractivity contribution in [1.29, 1.82) is 0 Å². The number of pyridine rings is 1. The molecule has 1 amide bonds. The van der Waals surface area contributed by atoms with E-state index in [1.165, 1.54) is 9.08 Å². The summed E-state index contributed by atoms with van der Waals surface area (Å²) < 4.78 is 2.59. The fourth-order valence-electron chi connectivity index (χ4n) is 2.51. The molecule has 0 bridgehead atoms. The maximum Gasteiger partial charge on any atom is 0.350 e. The molecule has 7 heteroatoms. The molecule has 7 nitrogen and oxygen atoms in total. The lowest BCUT2D eigenvalue weighted by Gasteiger charge is -2.15. The molecule has 2 aromatic heterocycles. The first-order valence-electron chi connectivity index (χ1n) is 6.62. The third kappa shape index (κ3) is 2.20. The van der Waals surface area contributed by atoms with E-state index >= 15 is 0 Å². The number of carbonyl (C=O) groups excluding carboxylic acids is 1. The van der Waals surface area contributed by atoms with Crippen LogP contribution in [0.15, 0.2) is 29.2 Å². The minimum Gasteiger partial charge on any atom is -0.396 e. The maximum absolute atomic E-state index is 12.1. The van der Waals surface area contributed by atoms with Gasteiger partial charge in [0.25, 0.3) is 0 Å². The Morgan fingerprint density at radius 1 is 1.45 bits per heavy atom. The Morgan fingerprint density at radius 2 is 2.30 bits per heavy atom. The van der Waals surface area contributed by atoms with Crippen LogP contribution in [-0.2, 0) is 11.3 Å². The number of hydrogen-bond acceptors (Lipinski definition) is 4. The molecule has 1 saturated heterocycles. The average Bonchev–Trinajstić information content (AvgIpc) is 3.05. The molecule has 3 rings (SSSR count). The number of aliphatic hydroxyl groups is 1. The number of likely N-dealkylation sites (tertiary alicyclic amines) is 1. The minimum absolute atomic E-state index is 0.0569. The highest BCUT2D eigenvalue weighted by Gasteiger charge is 2.26. The van der Waals surface area contributed by atoms with Gasteiger partial charge in [-0.3, -0.25) is 9.20 Å². The summed E-state index contributed by atoms with van der Waals surface area (Å²) in [5, 5.41) is 13.2. The van der Waals surface area contributed by atoms with Gasteiger partial charge >= 0.3 is 5.69 Å². The summed E-state index contributed by atoms with van der Waals surface area (Å²) in [4.78, 5) is 25.9. The van der Waals surface area contributed by atoms with Crippen molar-refractivity contribution >= 4 is 11.6 Å². The number of carbonyl (C=O) groups is 1. The Morgan fingerprint density at radius 3 is 3.00 bits per heavy atom. The second-order valence-corrected chi connectivity index (χ2v) is 5.05.